The molecular formula is C13H16FN. The van der Waals surface area contributed by atoms with E-state index in [1.165, 1.54) is 30.4 Å². The van der Waals surface area contributed by atoms with E-state index in [0.717, 1.165) is 18.9 Å². The maximum atomic E-state index is 13.1. The minimum absolute atomic E-state index is 0.0965. The second-order valence-electron chi connectivity index (χ2n) is 4.79. The van der Waals surface area contributed by atoms with E-state index < -0.39 is 0 Å². The average molecular weight is 205 g/mol. The molecule has 0 amide bonds. The quantitative estimate of drug-likeness (QED) is 0.782. The van der Waals surface area contributed by atoms with Gasteiger partial charge in [0, 0.05) is 12.1 Å². The molecule has 1 aromatic carbocycles. The van der Waals surface area contributed by atoms with Crippen LogP contribution in [0.1, 0.15) is 30.4 Å². The lowest BCUT2D eigenvalue weighted by molar-refractivity contribution is 0.454. The van der Waals surface area contributed by atoms with Gasteiger partial charge in [-0.15, -0.1) is 0 Å². The minimum atomic E-state index is -0.0965. The third-order valence-electron chi connectivity index (χ3n) is 3.45. The number of hydrogen-bond acceptors (Lipinski definition) is 1. The maximum absolute atomic E-state index is 13.1. The molecule has 0 heterocycles. The van der Waals surface area contributed by atoms with Gasteiger partial charge >= 0.3 is 0 Å². The number of nitrogens with one attached hydrogen (secondary N) is 1. The van der Waals surface area contributed by atoms with Crippen molar-refractivity contribution in [3.05, 3.63) is 35.1 Å². The van der Waals surface area contributed by atoms with Gasteiger partial charge in [0.2, 0.25) is 0 Å². The van der Waals surface area contributed by atoms with E-state index in [1.54, 1.807) is 12.1 Å². The van der Waals surface area contributed by atoms with Gasteiger partial charge in [0.1, 0.15) is 5.82 Å². The Kier molecular flexibility index (Phi) is 2.24. The Morgan fingerprint density at radius 3 is 2.73 bits per heavy atom. The highest BCUT2D eigenvalue weighted by Gasteiger charge is 2.26. The van der Waals surface area contributed by atoms with Gasteiger partial charge in [-0.1, -0.05) is 6.07 Å². The van der Waals surface area contributed by atoms with Crippen molar-refractivity contribution < 1.29 is 4.39 Å². The average Bonchev–Trinajstić information content (AvgIpc) is 3.01. The number of aryl methyl sites for hydroxylation is 1. The molecule has 2 aliphatic rings. The number of halogens is 1. The molecule has 1 nitrogen and oxygen atoms in total. The van der Waals surface area contributed by atoms with E-state index in [2.05, 4.69) is 5.32 Å². The van der Waals surface area contributed by atoms with E-state index in [0.29, 0.717) is 6.04 Å². The van der Waals surface area contributed by atoms with Crippen LogP contribution in [0.5, 0.6) is 0 Å². The molecule has 80 valence electrons. The minimum Gasteiger partial charge on any atom is -0.311 e. The molecule has 15 heavy (non-hydrogen) atoms. The van der Waals surface area contributed by atoms with Gasteiger partial charge in [0.05, 0.1) is 0 Å². The molecular weight excluding hydrogens is 189 g/mol. The molecule has 0 aromatic heterocycles. The first kappa shape index (κ1) is 9.34. The Morgan fingerprint density at radius 1 is 1.07 bits per heavy atom. The number of benzene rings is 1. The van der Waals surface area contributed by atoms with Crippen LogP contribution in [0.25, 0.3) is 0 Å². The summed E-state index contributed by atoms with van der Waals surface area (Å²) in [4.78, 5) is 0. The van der Waals surface area contributed by atoms with Gasteiger partial charge in [0.25, 0.3) is 0 Å². The number of hydrogen-bond donors (Lipinski definition) is 1. The lowest BCUT2D eigenvalue weighted by Gasteiger charge is -2.25. The third-order valence-corrected chi connectivity index (χ3v) is 3.45. The largest absolute Gasteiger partial charge is 0.311 e. The monoisotopic (exact) mass is 205 g/mol. The molecule has 1 atom stereocenters. The normalized spacial score (nSPS) is 25.0. The van der Waals surface area contributed by atoms with Gasteiger partial charge < -0.3 is 5.32 Å². The van der Waals surface area contributed by atoms with Crippen molar-refractivity contribution in [3.63, 3.8) is 0 Å². The zero-order chi connectivity index (χ0) is 10.3. The van der Waals surface area contributed by atoms with Crippen LogP contribution >= 0.6 is 0 Å². The first-order valence-corrected chi connectivity index (χ1v) is 5.84. The fourth-order valence-corrected chi connectivity index (χ4v) is 2.45. The van der Waals surface area contributed by atoms with Crippen LogP contribution in [0.15, 0.2) is 18.2 Å². The molecule has 2 heteroatoms. The summed E-state index contributed by atoms with van der Waals surface area (Å²) in [5.41, 5.74) is 2.55. The maximum Gasteiger partial charge on any atom is 0.123 e. The smallest absolute Gasteiger partial charge is 0.123 e. The second kappa shape index (κ2) is 3.60. The zero-order valence-electron chi connectivity index (χ0n) is 8.80. The highest BCUT2D eigenvalue weighted by Crippen LogP contribution is 2.26. The van der Waals surface area contributed by atoms with Crippen LogP contribution < -0.4 is 5.32 Å². The van der Waals surface area contributed by atoms with Crippen LogP contribution in [0.3, 0.4) is 0 Å². The zero-order valence-corrected chi connectivity index (χ0v) is 8.80. The molecule has 0 radical (unpaired) electrons. The standard InChI is InChI=1S/C13H16FN/c14-11-3-1-9-2-4-13(8-10(9)7-11)15-12-5-6-12/h1,3,7,12-13,15H,2,4-6,8H2. The van der Waals surface area contributed by atoms with E-state index >= 15 is 0 Å². The Labute approximate surface area is 89.7 Å². The summed E-state index contributed by atoms with van der Waals surface area (Å²) < 4.78 is 13.1. The van der Waals surface area contributed by atoms with E-state index in [4.69, 9.17) is 0 Å². The summed E-state index contributed by atoms with van der Waals surface area (Å²) in [5, 5.41) is 3.63. The molecule has 1 saturated carbocycles. The van der Waals surface area contributed by atoms with Crippen molar-refractivity contribution in [1.29, 1.82) is 0 Å². The number of fused-ring (bicyclic) bond motifs is 1. The predicted octanol–water partition coefficient (Wildman–Crippen LogP) is 2.44. The van der Waals surface area contributed by atoms with Crippen LogP contribution in [0.4, 0.5) is 4.39 Å². The Bertz CT molecular complexity index is 371. The van der Waals surface area contributed by atoms with Gasteiger partial charge in [-0.05, 0) is 55.4 Å². The highest BCUT2D eigenvalue weighted by atomic mass is 19.1. The lowest BCUT2D eigenvalue weighted by Crippen LogP contribution is -2.35. The molecule has 0 spiro atoms. The van der Waals surface area contributed by atoms with Crippen molar-refractivity contribution in [3.8, 4) is 0 Å². The van der Waals surface area contributed by atoms with Gasteiger partial charge in [-0.25, -0.2) is 4.39 Å². The van der Waals surface area contributed by atoms with Crippen LogP contribution in [-0.2, 0) is 12.8 Å². The molecule has 1 unspecified atom stereocenters. The number of rotatable bonds is 2. The van der Waals surface area contributed by atoms with Gasteiger partial charge in [-0.3, -0.25) is 0 Å². The first-order chi connectivity index (χ1) is 7.31. The van der Waals surface area contributed by atoms with Crippen molar-refractivity contribution in [2.75, 3.05) is 0 Å². The van der Waals surface area contributed by atoms with Crippen LogP contribution in [0, 0.1) is 5.82 Å². The Morgan fingerprint density at radius 2 is 1.93 bits per heavy atom. The molecule has 0 aliphatic heterocycles. The fraction of sp³-hybridized carbons (Fsp3) is 0.538. The molecule has 1 aromatic rings. The van der Waals surface area contributed by atoms with Gasteiger partial charge in [-0.2, -0.15) is 0 Å². The Balaban J connectivity index is 1.75. The summed E-state index contributed by atoms with van der Waals surface area (Å²) in [6, 6.07) is 6.55. The molecule has 0 bridgehead atoms. The van der Waals surface area contributed by atoms with Crippen molar-refractivity contribution in [2.24, 2.45) is 0 Å². The van der Waals surface area contributed by atoms with Crippen molar-refractivity contribution in [1.82, 2.24) is 5.32 Å². The van der Waals surface area contributed by atoms with Crippen LogP contribution in [0.2, 0.25) is 0 Å². The summed E-state index contributed by atoms with van der Waals surface area (Å²) in [7, 11) is 0. The van der Waals surface area contributed by atoms with E-state index in [9.17, 15) is 4.39 Å². The van der Waals surface area contributed by atoms with Gasteiger partial charge in [0.15, 0.2) is 0 Å². The van der Waals surface area contributed by atoms with Crippen LogP contribution in [-0.4, -0.2) is 12.1 Å². The van der Waals surface area contributed by atoms with Crippen molar-refractivity contribution >= 4 is 0 Å². The molecule has 0 saturated heterocycles. The molecule has 1 fully saturated rings. The third kappa shape index (κ3) is 2.05. The summed E-state index contributed by atoms with van der Waals surface area (Å²) in [5.74, 6) is -0.0965. The SMILES string of the molecule is Fc1ccc2c(c1)CC(NC1CC1)CC2. The second-order valence-corrected chi connectivity index (χ2v) is 4.79. The topological polar surface area (TPSA) is 12.0 Å². The fourth-order valence-electron chi connectivity index (χ4n) is 2.45. The first-order valence-electron chi connectivity index (χ1n) is 5.84. The summed E-state index contributed by atoms with van der Waals surface area (Å²) in [6.45, 7) is 0. The lowest BCUT2D eigenvalue weighted by atomic mass is 9.88. The Hall–Kier alpha value is -0.890. The van der Waals surface area contributed by atoms with Crippen molar-refractivity contribution in [2.45, 2.75) is 44.2 Å². The molecule has 2 aliphatic carbocycles. The van der Waals surface area contributed by atoms with E-state index in [1.807, 2.05) is 6.07 Å². The summed E-state index contributed by atoms with van der Waals surface area (Å²) in [6.07, 6.45) is 5.96. The van der Waals surface area contributed by atoms with E-state index in [-0.39, 0.29) is 5.82 Å². The molecule has 3 rings (SSSR count). The summed E-state index contributed by atoms with van der Waals surface area (Å²) >= 11 is 0. The predicted molar refractivity (Wildman–Crippen MR) is 58.4 cm³/mol. The highest BCUT2D eigenvalue weighted by molar-refractivity contribution is 5.31. The molecule has 1 N–H and O–H groups in total.